The van der Waals surface area contributed by atoms with Crippen LogP contribution in [0.5, 0.6) is 5.75 Å². The maximum Gasteiger partial charge on any atom is 0.310 e. The van der Waals surface area contributed by atoms with Gasteiger partial charge in [0.1, 0.15) is 5.82 Å². The fraction of sp³-hybridized carbons (Fsp3) is 0.429. The number of hydrogen-bond acceptors (Lipinski definition) is 4. The van der Waals surface area contributed by atoms with Gasteiger partial charge in [-0.05, 0) is 12.1 Å². The van der Waals surface area contributed by atoms with Crippen LogP contribution in [-0.4, -0.2) is 44.1 Å². The highest BCUT2D eigenvalue weighted by Crippen LogP contribution is 2.17. The van der Waals surface area contributed by atoms with Gasteiger partial charge >= 0.3 is 5.97 Å². The number of amides is 1. The van der Waals surface area contributed by atoms with Crippen LogP contribution in [0.1, 0.15) is 6.92 Å². The second-order valence-corrected chi connectivity index (χ2v) is 4.56. The van der Waals surface area contributed by atoms with Crippen LogP contribution in [0, 0.1) is 17.6 Å². The molecule has 21 heavy (non-hydrogen) atoms. The van der Waals surface area contributed by atoms with Gasteiger partial charge in [0.05, 0.1) is 13.0 Å². The van der Waals surface area contributed by atoms with Crippen molar-refractivity contribution in [2.75, 3.05) is 27.3 Å². The maximum absolute atomic E-state index is 13.3. The van der Waals surface area contributed by atoms with Crippen LogP contribution in [0.2, 0.25) is 0 Å². The summed E-state index contributed by atoms with van der Waals surface area (Å²) in [5, 5.41) is 0. The van der Waals surface area contributed by atoms with E-state index in [1.807, 2.05) is 0 Å². The van der Waals surface area contributed by atoms with Gasteiger partial charge in [-0.3, -0.25) is 9.59 Å². The molecule has 1 unspecified atom stereocenters. The number of carbonyl (C=O) groups is 2. The Hall–Kier alpha value is -2.18. The Morgan fingerprint density at radius 3 is 2.57 bits per heavy atom. The Bertz CT molecular complexity index is 522. The Morgan fingerprint density at radius 1 is 1.33 bits per heavy atom. The molecule has 1 atom stereocenters. The molecule has 0 aliphatic carbocycles. The molecule has 1 rings (SSSR count). The van der Waals surface area contributed by atoms with E-state index in [9.17, 15) is 18.4 Å². The van der Waals surface area contributed by atoms with Crippen LogP contribution in [0.3, 0.4) is 0 Å². The highest BCUT2D eigenvalue weighted by molar-refractivity contribution is 5.78. The predicted octanol–water partition coefficient (Wildman–Crippen LogP) is 1.61. The van der Waals surface area contributed by atoms with Gasteiger partial charge in [0.15, 0.2) is 18.2 Å². The minimum absolute atomic E-state index is 0.154. The fourth-order valence-electron chi connectivity index (χ4n) is 1.63. The third-order valence-electron chi connectivity index (χ3n) is 2.82. The van der Waals surface area contributed by atoms with Crippen molar-refractivity contribution < 1.29 is 27.8 Å². The number of carbonyl (C=O) groups excluding carboxylic acids is 2. The highest BCUT2D eigenvalue weighted by Gasteiger charge is 2.19. The van der Waals surface area contributed by atoms with E-state index in [1.54, 1.807) is 6.92 Å². The molecular weight excluding hydrogens is 284 g/mol. The third kappa shape index (κ3) is 5.02. The van der Waals surface area contributed by atoms with Gasteiger partial charge < -0.3 is 14.4 Å². The van der Waals surface area contributed by atoms with Crippen molar-refractivity contribution in [1.29, 1.82) is 0 Å². The first-order valence-electron chi connectivity index (χ1n) is 6.24. The van der Waals surface area contributed by atoms with E-state index in [0.29, 0.717) is 6.07 Å². The van der Waals surface area contributed by atoms with E-state index in [4.69, 9.17) is 4.74 Å². The van der Waals surface area contributed by atoms with Gasteiger partial charge in [-0.2, -0.15) is 0 Å². The topological polar surface area (TPSA) is 55.8 Å². The van der Waals surface area contributed by atoms with E-state index in [2.05, 4.69) is 4.74 Å². The molecule has 116 valence electrons. The fourth-order valence-corrected chi connectivity index (χ4v) is 1.63. The molecule has 0 fully saturated rings. The van der Waals surface area contributed by atoms with Crippen LogP contribution in [0.25, 0.3) is 0 Å². The molecule has 0 saturated carbocycles. The molecule has 0 aromatic heterocycles. The number of ether oxygens (including phenoxy) is 2. The standard InChI is InChI=1S/C14H17F2NO4/c1-9(14(19)20-3)7-17(2)13(18)8-21-12-5-4-10(15)6-11(12)16/h4-6,9H,7-8H2,1-3H3. The van der Waals surface area contributed by atoms with Crippen molar-refractivity contribution in [3.63, 3.8) is 0 Å². The highest BCUT2D eigenvalue weighted by atomic mass is 19.1. The second-order valence-electron chi connectivity index (χ2n) is 4.56. The quantitative estimate of drug-likeness (QED) is 0.749. The van der Waals surface area contributed by atoms with E-state index in [1.165, 1.54) is 19.1 Å². The molecule has 5 nitrogen and oxygen atoms in total. The number of benzene rings is 1. The smallest absolute Gasteiger partial charge is 0.310 e. The van der Waals surface area contributed by atoms with Gasteiger partial charge in [0.25, 0.3) is 5.91 Å². The number of nitrogens with zero attached hydrogens (tertiary/aromatic N) is 1. The van der Waals surface area contributed by atoms with Crippen molar-refractivity contribution in [2.45, 2.75) is 6.92 Å². The monoisotopic (exact) mass is 301 g/mol. The average Bonchev–Trinajstić information content (AvgIpc) is 2.44. The molecule has 0 saturated heterocycles. The zero-order valence-electron chi connectivity index (χ0n) is 12.1. The number of methoxy groups -OCH3 is 1. The summed E-state index contributed by atoms with van der Waals surface area (Å²) >= 11 is 0. The average molecular weight is 301 g/mol. The molecule has 0 bridgehead atoms. The van der Waals surface area contributed by atoms with Crippen molar-refractivity contribution >= 4 is 11.9 Å². The van der Waals surface area contributed by atoms with E-state index >= 15 is 0 Å². The van der Waals surface area contributed by atoms with Crippen molar-refractivity contribution in [3.8, 4) is 5.75 Å². The minimum atomic E-state index is -0.881. The lowest BCUT2D eigenvalue weighted by molar-refractivity contribution is -0.146. The lowest BCUT2D eigenvalue weighted by atomic mass is 10.2. The third-order valence-corrected chi connectivity index (χ3v) is 2.82. The summed E-state index contributed by atoms with van der Waals surface area (Å²) in [4.78, 5) is 24.3. The van der Waals surface area contributed by atoms with Crippen molar-refractivity contribution in [2.24, 2.45) is 5.92 Å². The first-order chi connectivity index (χ1) is 9.85. The molecule has 7 heteroatoms. The molecule has 0 aliphatic heterocycles. The largest absolute Gasteiger partial charge is 0.481 e. The van der Waals surface area contributed by atoms with Crippen LogP contribution < -0.4 is 4.74 Å². The van der Waals surface area contributed by atoms with Crippen LogP contribution >= 0.6 is 0 Å². The number of esters is 1. The normalized spacial score (nSPS) is 11.7. The Balaban J connectivity index is 2.51. The summed E-state index contributed by atoms with van der Waals surface area (Å²) in [7, 11) is 2.76. The van der Waals surface area contributed by atoms with Crippen LogP contribution in [-0.2, 0) is 14.3 Å². The Morgan fingerprint density at radius 2 is 2.00 bits per heavy atom. The van der Waals surface area contributed by atoms with E-state index < -0.39 is 36.0 Å². The van der Waals surface area contributed by atoms with Gasteiger partial charge in [-0.25, -0.2) is 8.78 Å². The van der Waals surface area contributed by atoms with Crippen LogP contribution in [0.15, 0.2) is 18.2 Å². The summed E-state index contributed by atoms with van der Waals surface area (Å²) in [6.07, 6.45) is 0. The molecule has 0 aliphatic rings. The predicted molar refractivity (Wildman–Crippen MR) is 70.7 cm³/mol. The summed E-state index contributed by atoms with van der Waals surface area (Å²) in [6, 6.07) is 2.81. The summed E-state index contributed by atoms with van der Waals surface area (Å²) in [6.45, 7) is 1.36. The molecular formula is C14H17F2NO4. The lowest BCUT2D eigenvalue weighted by Crippen LogP contribution is -2.37. The van der Waals surface area contributed by atoms with Gasteiger partial charge in [0.2, 0.25) is 0 Å². The van der Waals surface area contributed by atoms with Gasteiger partial charge in [-0.1, -0.05) is 6.92 Å². The molecule has 0 N–H and O–H groups in total. The number of rotatable bonds is 6. The molecule has 0 spiro atoms. The van der Waals surface area contributed by atoms with Crippen LogP contribution in [0.4, 0.5) is 8.78 Å². The molecule has 1 aromatic carbocycles. The number of halogens is 2. The molecule has 1 amide bonds. The number of hydrogen-bond donors (Lipinski definition) is 0. The molecule has 0 heterocycles. The summed E-state index contributed by atoms with van der Waals surface area (Å²) in [5.74, 6) is -3.16. The van der Waals surface area contributed by atoms with Gasteiger partial charge in [0, 0.05) is 19.7 Å². The first kappa shape index (κ1) is 16.9. The first-order valence-corrected chi connectivity index (χ1v) is 6.24. The molecule has 0 radical (unpaired) electrons. The van der Waals surface area contributed by atoms with Gasteiger partial charge in [-0.15, -0.1) is 0 Å². The van der Waals surface area contributed by atoms with Crippen molar-refractivity contribution in [3.05, 3.63) is 29.8 Å². The Labute approximate surface area is 121 Å². The minimum Gasteiger partial charge on any atom is -0.481 e. The molecule has 1 aromatic rings. The zero-order chi connectivity index (χ0) is 16.0. The zero-order valence-corrected chi connectivity index (χ0v) is 12.1. The van der Waals surface area contributed by atoms with Crippen molar-refractivity contribution in [1.82, 2.24) is 4.90 Å². The van der Waals surface area contributed by atoms with E-state index in [0.717, 1.165) is 12.1 Å². The van der Waals surface area contributed by atoms with E-state index in [-0.39, 0.29) is 12.3 Å². The second kappa shape index (κ2) is 7.56. The maximum atomic E-state index is 13.3. The SMILES string of the molecule is COC(=O)C(C)CN(C)C(=O)COc1ccc(F)cc1F. The summed E-state index contributed by atoms with van der Waals surface area (Å²) in [5.41, 5.74) is 0. The number of likely N-dealkylation sites (N-methyl/N-ethyl adjacent to an activating group) is 1. The summed E-state index contributed by atoms with van der Waals surface area (Å²) < 4.78 is 35.6. The Kier molecular flexibility index (Phi) is 6.08. The lowest BCUT2D eigenvalue weighted by Gasteiger charge is -2.20.